The molecule has 0 aliphatic carbocycles. The Morgan fingerprint density at radius 2 is 1.72 bits per heavy atom. The van der Waals surface area contributed by atoms with Crippen LogP contribution >= 0.6 is 0 Å². The molecule has 0 aliphatic rings. The van der Waals surface area contributed by atoms with Crippen molar-refractivity contribution in [1.82, 2.24) is 0 Å². The fourth-order valence-electron chi connectivity index (χ4n) is 1.70. The third kappa shape index (κ3) is 5.13. The largest absolute Gasteiger partial charge is 0.427 e. The molecule has 3 nitrogen and oxygen atoms in total. The third-order valence-electron chi connectivity index (χ3n) is 2.58. The summed E-state index contributed by atoms with van der Waals surface area (Å²) in [5, 5.41) is 7.76. The maximum atomic E-state index is 11.3. The summed E-state index contributed by atoms with van der Waals surface area (Å²) in [6.45, 7) is 4.02. The van der Waals surface area contributed by atoms with Gasteiger partial charge in [-0.3, -0.25) is 4.79 Å². The summed E-state index contributed by atoms with van der Waals surface area (Å²) >= 11 is 0. The molecule has 1 aromatic carbocycles. The highest BCUT2D eigenvalue weighted by atomic mass is 16.5. The molecule has 0 aromatic heterocycles. The SMILES string of the molecule is CCCC(=N)Cc1ccc(OC(=O)CCC)cc1. The molecule has 1 rings (SSSR count). The van der Waals surface area contributed by atoms with Crippen LogP contribution in [-0.2, 0) is 11.2 Å². The normalized spacial score (nSPS) is 10.1. The number of rotatable bonds is 7. The lowest BCUT2D eigenvalue weighted by atomic mass is 10.1. The highest BCUT2D eigenvalue weighted by Gasteiger charge is 2.04. The molecule has 0 saturated heterocycles. The van der Waals surface area contributed by atoms with E-state index < -0.39 is 0 Å². The molecule has 0 bridgehead atoms. The summed E-state index contributed by atoms with van der Waals surface area (Å²) in [7, 11) is 0. The molecular weight excluding hydrogens is 226 g/mol. The van der Waals surface area contributed by atoms with Gasteiger partial charge in [0.1, 0.15) is 5.75 Å². The molecule has 0 amide bonds. The van der Waals surface area contributed by atoms with Crippen molar-refractivity contribution in [3.63, 3.8) is 0 Å². The fourth-order valence-corrected chi connectivity index (χ4v) is 1.70. The summed E-state index contributed by atoms with van der Waals surface area (Å²) < 4.78 is 5.17. The van der Waals surface area contributed by atoms with E-state index in [1.807, 2.05) is 19.1 Å². The monoisotopic (exact) mass is 247 g/mol. The minimum atomic E-state index is -0.191. The minimum Gasteiger partial charge on any atom is -0.427 e. The summed E-state index contributed by atoms with van der Waals surface area (Å²) in [6.07, 6.45) is 3.77. The number of hydrogen-bond acceptors (Lipinski definition) is 3. The van der Waals surface area contributed by atoms with E-state index in [2.05, 4.69) is 6.92 Å². The summed E-state index contributed by atoms with van der Waals surface area (Å²) in [6, 6.07) is 7.42. The second-order valence-electron chi connectivity index (χ2n) is 4.40. The Morgan fingerprint density at radius 1 is 1.11 bits per heavy atom. The third-order valence-corrected chi connectivity index (χ3v) is 2.58. The van der Waals surface area contributed by atoms with Crippen molar-refractivity contribution in [2.75, 3.05) is 0 Å². The van der Waals surface area contributed by atoms with Gasteiger partial charge in [0.2, 0.25) is 0 Å². The predicted octanol–water partition coefficient (Wildman–Crippen LogP) is 3.75. The van der Waals surface area contributed by atoms with E-state index in [4.69, 9.17) is 10.1 Å². The van der Waals surface area contributed by atoms with E-state index >= 15 is 0 Å². The Labute approximate surface area is 109 Å². The van der Waals surface area contributed by atoms with Gasteiger partial charge in [-0.05, 0) is 30.5 Å². The van der Waals surface area contributed by atoms with E-state index in [-0.39, 0.29) is 5.97 Å². The lowest BCUT2D eigenvalue weighted by Crippen LogP contribution is -2.07. The van der Waals surface area contributed by atoms with E-state index in [1.54, 1.807) is 12.1 Å². The second-order valence-corrected chi connectivity index (χ2v) is 4.40. The molecule has 0 radical (unpaired) electrons. The molecule has 0 spiro atoms. The van der Waals surface area contributed by atoms with Crippen molar-refractivity contribution in [2.24, 2.45) is 0 Å². The van der Waals surface area contributed by atoms with Crippen molar-refractivity contribution in [3.8, 4) is 5.75 Å². The summed E-state index contributed by atoms with van der Waals surface area (Å²) in [4.78, 5) is 11.3. The van der Waals surface area contributed by atoms with Gasteiger partial charge in [0, 0.05) is 18.6 Å². The first-order valence-electron chi connectivity index (χ1n) is 6.51. The van der Waals surface area contributed by atoms with Crippen LogP contribution in [0.1, 0.15) is 45.1 Å². The van der Waals surface area contributed by atoms with Crippen LogP contribution < -0.4 is 4.74 Å². The highest BCUT2D eigenvalue weighted by Crippen LogP contribution is 2.14. The lowest BCUT2D eigenvalue weighted by Gasteiger charge is -2.06. The van der Waals surface area contributed by atoms with E-state index in [9.17, 15) is 4.79 Å². The molecule has 0 unspecified atom stereocenters. The number of ether oxygens (including phenoxy) is 1. The smallest absolute Gasteiger partial charge is 0.311 e. The van der Waals surface area contributed by atoms with Crippen molar-refractivity contribution in [3.05, 3.63) is 29.8 Å². The summed E-state index contributed by atoms with van der Waals surface area (Å²) in [5.41, 5.74) is 1.83. The molecule has 0 atom stereocenters. The van der Waals surface area contributed by atoms with Crippen LogP contribution in [0.15, 0.2) is 24.3 Å². The topological polar surface area (TPSA) is 50.1 Å². The van der Waals surface area contributed by atoms with Crippen LogP contribution in [0.25, 0.3) is 0 Å². The molecule has 1 N–H and O–H groups in total. The maximum Gasteiger partial charge on any atom is 0.311 e. The fraction of sp³-hybridized carbons (Fsp3) is 0.467. The number of esters is 1. The van der Waals surface area contributed by atoms with Crippen LogP contribution in [0.2, 0.25) is 0 Å². The highest BCUT2D eigenvalue weighted by molar-refractivity contribution is 5.83. The number of carbonyl (C=O) groups is 1. The molecular formula is C15H21NO2. The van der Waals surface area contributed by atoms with E-state index in [0.29, 0.717) is 18.6 Å². The van der Waals surface area contributed by atoms with Crippen LogP contribution in [0, 0.1) is 5.41 Å². The van der Waals surface area contributed by atoms with Crippen LogP contribution in [-0.4, -0.2) is 11.7 Å². The molecule has 1 aromatic rings. The molecule has 0 fully saturated rings. The summed E-state index contributed by atoms with van der Waals surface area (Å²) in [5.74, 6) is 0.392. The van der Waals surface area contributed by atoms with E-state index in [0.717, 1.165) is 30.5 Å². The number of nitrogens with one attached hydrogen (secondary N) is 1. The second kappa shape index (κ2) is 7.64. The average molecular weight is 247 g/mol. The Balaban J connectivity index is 2.52. The molecule has 18 heavy (non-hydrogen) atoms. The van der Waals surface area contributed by atoms with Crippen molar-refractivity contribution in [2.45, 2.75) is 46.0 Å². The Hall–Kier alpha value is -1.64. The first-order chi connectivity index (χ1) is 8.65. The zero-order valence-corrected chi connectivity index (χ0v) is 11.2. The van der Waals surface area contributed by atoms with Gasteiger partial charge in [-0.2, -0.15) is 0 Å². The van der Waals surface area contributed by atoms with Gasteiger partial charge in [0.25, 0.3) is 0 Å². The Bertz CT molecular complexity index is 356. The van der Waals surface area contributed by atoms with Crippen LogP contribution in [0.4, 0.5) is 0 Å². The Morgan fingerprint density at radius 3 is 2.28 bits per heavy atom. The van der Waals surface area contributed by atoms with Gasteiger partial charge in [0.05, 0.1) is 0 Å². The molecule has 0 saturated carbocycles. The van der Waals surface area contributed by atoms with Crippen LogP contribution in [0.5, 0.6) is 5.75 Å². The van der Waals surface area contributed by atoms with Gasteiger partial charge >= 0.3 is 5.97 Å². The van der Waals surface area contributed by atoms with Gasteiger partial charge in [-0.1, -0.05) is 32.4 Å². The predicted molar refractivity (Wildman–Crippen MR) is 73.3 cm³/mol. The molecule has 0 heterocycles. The first kappa shape index (κ1) is 14.4. The zero-order chi connectivity index (χ0) is 13.4. The van der Waals surface area contributed by atoms with Crippen molar-refractivity contribution >= 4 is 11.7 Å². The lowest BCUT2D eigenvalue weighted by molar-refractivity contribution is -0.134. The molecule has 0 aliphatic heterocycles. The quantitative estimate of drug-likeness (QED) is 0.453. The minimum absolute atomic E-state index is 0.191. The van der Waals surface area contributed by atoms with Crippen LogP contribution in [0.3, 0.4) is 0 Å². The van der Waals surface area contributed by atoms with Gasteiger partial charge < -0.3 is 10.1 Å². The zero-order valence-electron chi connectivity index (χ0n) is 11.2. The maximum absolute atomic E-state index is 11.3. The standard InChI is InChI=1S/C15H21NO2/c1-3-5-13(16)11-12-7-9-14(10-8-12)18-15(17)6-4-2/h7-10,16H,3-6,11H2,1-2H3. The van der Waals surface area contributed by atoms with Gasteiger partial charge in [0.15, 0.2) is 0 Å². The molecule has 3 heteroatoms. The van der Waals surface area contributed by atoms with Gasteiger partial charge in [-0.25, -0.2) is 0 Å². The van der Waals surface area contributed by atoms with Gasteiger partial charge in [-0.15, -0.1) is 0 Å². The molecule has 98 valence electrons. The first-order valence-corrected chi connectivity index (χ1v) is 6.51. The van der Waals surface area contributed by atoms with Crippen molar-refractivity contribution < 1.29 is 9.53 Å². The number of carbonyl (C=O) groups excluding carboxylic acids is 1. The van der Waals surface area contributed by atoms with Crippen molar-refractivity contribution in [1.29, 1.82) is 5.41 Å². The average Bonchev–Trinajstić information content (AvgIpc) is 2.32. The number of benzene rings is 1. The van der Waals surface area contributed by atoms with E-state index in [1.165, 1.54) is 0 Å². The number of hydrogen-bond donors (Lipinski definition) is 1. The Kier molecular flexibility index (Phi) is 6.12.